The van der Waals surface area contributed by atoms with Gasteiger partial charge in [-0.1, -0.05) is 12.8 Å². The summed E-state index contributed by atoms with van der Waals surface area (Å²) in [6, 6.07) is 0.685. The third kappa shape index (κ3) is 2.46. The molecule has 1 aliphatic heterocycles. The Morgan fingerprint density at radius 1 is 1.38 bits per heavy atom. The summed E-state index contributed by atoms with van der Waals surface area (Å²) >= 11 is 0. The summed E-state index contributed by atoms with van der Waals surface area (Å²) < 4.78 is 0. The molecule has 92 valence electrons. The summed E-state index contributed by atoms with van der Waals surface area (Å²) in [5.74, 6) is 0. The van der Waals surface area contributed by atoms with E-state index in [-0.39, 0.29) is 5.41 Å². The average molecular weight is 224 g/mol. The molecule has 1 aliphatic carbocycles. The molecule has 1 saturated carbocycles. The van der Waals surface area contributed by atoms with Crippen LogP contribution in [0.1, 0.15) is 32.1 Å². The van der Waals surface area contributed by atoms with Crippen LogP contribution in [0, 0.1) is 5.41 Å². The van der Waals surface area contributed by atoms with E-state index in [4.69, 9.17) is 0 Å². The first-order chi connectivity index (χ1) is 7.65. The van der Waals surface area contributed by atoms with Crippen LogP contribution in [0.3, 0.4) is 0 Å². The minimum Gasteiger partial charge on any atom is -0.305 e. The third-order valence-electron chi connectivity index (χ3n) is 4.37. The minimum absolute atomic E-state index is 0.00119. The maximum Gasteiger partial charge on any atom is 0.127 e. The van der Waals surface area contributed by atoms with Gasteiger partial charge in [-0.05, 0) is 39.9 Å². The van der Waals surface area contributed by atoms with E-state index in [0.29, 0.717) is 6.04 Å². The van der Waals surface area contributed by atoms with Crippen molar-refractivity contribution in [3.8, 4) is 0 Å². The molecule has 1 unspecified atom stereocenters. The Balaban J connectivity index is 1.88. The first-order valence-corrected chi connectivity index (χ1v) is 6.50. The topological polar surface area (TPSA) is 23.6 Å². The van der Waals surface area contributed by atoms with Gasteiger partial charge in [0.25, 0.3) is 0 Å². The molecule has 0 aromatic rings. The van der Waals surface area contributed by atoms with Crippen molar-refractivity contribution in [1.82, 2.24) is 9.80 Å². The summed E-state index contributed by atoms with van der Waals surface area (Å²) in [5, 5.41) is 0. The highest BCUT2D eigenvalue weighted by Gasteiger charge is 2.37. The molecule has 0 radical (unpaired) electrons. The zero-order valence-corrected chi connectivity index (χ0v) is 10.6. The number of likely N-dealkylation sites (N-methyl/N-ethyl adjacent to an activating group) is 1. The number of aldehydes is 1. The van der Waals surface area contributed by atoms with E-state index in [1.54, 1.807) is 0 Å². The number of hydrogen-bond donors (Lipinski definition) is 0. The van der Waals surface area contributed by atoms with Crippen LogP contribution in [0.15, 0.2) is 0 Å². The van der Waals surface area contributed by atoms with Gasteiger partial charge >= 0.3 is 0 Å². The molecule has 3 nitrogen and oxygen atoms in total. The van der Waals surface area contributed by atoms with Crippen LogP contribution in [0.4, 0.5) is 0 Å². The molecule has 0 aromatic heterocycles. The molecule has 0 N–H and O–H groups in total. The van der Waals surface area contributed by atoms with Crippen molar-refractivity contribution < 1.29 is 4.79 Å². The molecule has 0 bridgehead atoms. The van der Waals surface area contributed by atoms with Gasteiger partial charge in [-0.15, -0.1) is 0 Å². The Labute approximate surface area is 98.8 Å². The summed E-state index contributed by atoms with van der Waals surface area (Å²) in [4.78, 5) is 16.1. The Bertz CT molecular complexity index is 246. The van der Waals surface area contributed by atoms with Gasteiger partial charge in [-0.25, -0.2) is 0 Å². The van der Waals surface area contributed by atoms with E-state index in [1.807, 2.05) is 0 Å². The lowest BCUT2D eigenvalue weighted by Crippen LogP contribution is -2.38. The van der Waals surface area contributed by atoms with Gasteiger partial charge in [0.15, 0.2) is 0 Å². The highest BCUT2D eigenvalue weighted by molar-refractivity contribution is 5.60. The second kappa shape index (κ2) is 4.84. The molecule has 0 aromatic carbocycles. The smallest absolute Gasteiger partial charge is 0.127 e. The van der Waals surface area contributed by atoms with Crippen LogP contribution in [0.5, 0.6) is 0 Å². The van der Waals surface area contributed by atoms with Gasteiger partial charge in [0.2, 0.25) is 0 Å². The van der Waals surface area contributed by atoms with Crippen molar-refractivity contribution in [2.75, 3.05) is 33.7 Å². The number of hydrogen-bond acceptors (Lipinski definition) is 3. The monoisotopic (exact) mass is 224 g/mol. The minimum atomic E-state index is 0.00119. The van der Waals surface area contributed by atoms with Crippen molar-refractivity contribution in [3.63, 3.8) is 0 Å². The molecule has 2 rings (SSSR count). The van der Waals surface area contributed by atoms with Crippen molar-refractivity contribution in [2.45, 2.75) is 38.1 Å². The van der Waals surface area contributed by atoms with Gasteiger partial charge in [-0.3, -0.25) is 0 Å². The fourth-order valence-corrected chi connectivity index (χ4v) is 3.22. The second-order valence-electron chi connectivity index (χ2n) is 5.83. The lowest BCUT2D eigenvalue weighted by Gasteiger charge is -2.28. The summed E-state index contributed by atoms with van der Waals surface area (Å²) in [6.07, 6.45) is 7.19. The first kappa shape index (κ1) is 12.1. The van der Waals surface area contributed by atoms with Crippen LogP contribution < -0.4 is 0 Å². The SMILES string of the molecule is CN(C)C1CCN(CC2(C=O)CCCC2)C1. The van der Waals surface area contributed by atoms with Crippen molar-refractivity contribution in [1.29, 1.82) is 0 Å². The fraction of sp³-hybridized carbons (Fsp3) is 0.923. The molecule has 1 saturated heterocycles. The number of likely N-dealkylation sites (tertiary alicyclic amines) is 1. The van der Waals surface area contributed by atoms with E-state index < -0.39 is 0 Å². The number of nitrogens with zero attached hydrogens (tertiary/aromatic N) is 2. The Morgan fingerprint density at radius 3 is 2.56 bits per heavy atom. The van der Waals surface area contributed by atoms with Gasteiger partial charge in [0.1, 0.15) is 6.29 Å². The van der Waals surface area contributed by atoms with Gasteiger partial charge in [0, 0.05) is 24.5 Å². The Hall–Kier alpha value is -0.410. The molecule has 16 heavy (non-hydrogen) atoms. The lowest BCUT2D eigenvalue weighted by molar-refractivity contribution is -0.116. The zero-order chi connectivity index (χ0) is 11.6. The van der Waals surface area contributed by atoms with E-state index in [2.05, 4.69) is 23.9 Å². The normalized spacial score (nSPS) is 30.1. The molecular weight excluding hydrogens is 200 g/mol. The van der Waals surface area contributed by atoms with E-state index in [1.165, 1.54) is 32.1 Å². The number of carbonyl (C=O) groups excluding carboxylic acids is 1. The molecular formula is C13H24N2O. The highest BCUT2D eigenvalue weighted by atomic mass is 16.1. The van der Waals surface area contributed by atoms with Gasteiger partial charge < -0.3 is 14.6 Å². The number of carbonyl (C=O) groups is 1. The summed E-state index contributed by atoms with van der Waals surface area (Å²) in [6.45, 7) is 3.31. The average Bonchev–Trinajstić information content (AvgIpc) is 2.88. The molecule has 0 spiro atoms. The van der Waals surface area contributed by atoms with Crippen LogP contribution in [-0.2, 0) is 4.79 Å². The van der Waals surface area contributed by atoms with Crippen LogP contribution in [-0.4, -0.2) is 55.9 Å². The largest absolute Gasteiger partial charge is 0.305 e. The van der Waals surface area contributed by atoms with Gasteiger partial charge in [0.05, 0.1) is 0 Å². The molecule has 1 heterocycles. The first-order valence-electron chi connectivity index (χ1n) is 6.50. The molecule has 2 fully saturated rings. The zero-order valence-electron chi connectivity index (χ0n) is 10.6. The summed E-state index contributed by atoms with van der Waals surface area (Å²) in [7, 11) is 4.30. The van der Waals surface area contributed by atoms with Gasteiger partial charge in [-0.2, -0.15) is 0 Å². The molecule has 3 heteroatoms. The Morgan fingerprint density at radius 2 is 2.06 bits per heavy atom. The molecule has 1 atom stereocenters. The second-order valence-corrected chi connectivity index (χ2v) is 5.83. The maximum absolute atomic E-state index is 11.3. The maximum atomic E-state index is 11.3. The predicted octanol–water partition coefficient (Wildman–Crippen LogP) is 1.38. The summed E-state index contributed by atoms with van der Waals surface area (Å²) in [5.41, 5.74) is 0.00119. The Kier molecular flexibility index (Phi) is 3.65. The van der Waals surface area contributed by atoms with Crippen LogP contribution in [0.2, 0.25) is 0 Å². The quantitative estimate of drug-likeness (QED) is 0.674. The van der Waals surface area contributed by atoms with Crippen molar-refractivity contribution >= 4 is 6.29 Å². The highest BCUT2D eigenvalue weighted by Crippen LogP contribution is 2.37. The molecule has 0 amide bonds. The number of rotatable bonds is 4. The van der Waals surface area contributed by atoms with Crippen LogP contribution in [0.25, 0.3) is 0 Å². The van der Waals surface area contributed by atoms with E-state index in [9.17, 15) is 4.79 Å². The lowest BCUT2D eigenvalue weighted by atomic mass is 9.87. The van der Waals surface area contributed by atoms with E-state index in [0.717, 1.165) is 25.9 Å². The predicted molar refractivity (Wildman–Crippen MR) is 65.5 cm³/mol. The fourth-order valence-electron chi connectivity index (χ4n) is 3.22. The third-order valence-corrected chi connectivity index (χ3v) is 4.37. The van der Waals surface area contributed by atoms with E-state index >= 15 is 0 Å². The molecule has 2 aliphatic rings. The van der Waals surface area contributed by atoms with Crippen molar-refractivity contribution in [2.24, 2.45) is 5.41 Å². The standard InChI is InChI=1S/C13H24N2O/c1-14(2)12-5-8-15(9-12)10-13(11-16)6-3-4-7-13/h11-12H,3-10H2,1-2H3. The van der Waals surface area contributed by atoms with Crippen LogP contribution >= 0.6 is 0 Å². The van der Waals surface area contributed by atoms with Crippen molar-refractivity contribution in [3.05, 3.63) is 0 Å².